The molecule has 2 heterocycles. The number of hydrogen-bond acceptors (Lipinski definition) is 0. The number of rotatable bonds is 4. The van der Waals surface area contributed by atoms with E-state index in [0.29, 0.717) is 0 Å². The van der Waals surface area contributed by atoms with Crippen LogP contribution >= 0.6 is 0 Å². The van der Waals surface area contributed by atoms with Crippen LogP contribution in [0.15, 0.2) is 218 Å². The molecule has 0 saturated carbocycles. The van der Waals surface area contributed by atoms with Crippen LogP contribution in [0, 0.1) is 0 Å². The highest BCUT2D eigenvalue weighted by Crippen LogP contribution is 2.62. The maximum Gasteiger partial charge on any atom is 0.0542 e. The van der Waals surface area contributed by atoms with Crippen LogP contribution in [0.1, 0.15) is 25.0 Å². The van der Waals surface area contributed by atoms with Gasteiger partial charge >= 0.3 is 0 Å². The zero-order chi connectivity index (χ0) is 44.1. The summed E-state index contributed by atoms with van der Waals surface area (Å²) in [6, 6.07) is 81.6. The standard InChI is InChI=1S/C65H42N2/c1-65(2)53-37-42(67-57-31-16-13-24-45(57)51-36-41(33-35-58(51)67)66-55-29-14-11-22-43(55)44-23-12-15-30-56(44)66)32-34-48(53)62-49-27-17-28-50-61(49)52(38-54(62)65)64-60(40-20-7-4-8-21-40)47-26-10-9-25-46(47)59(63(50)64)39-18-5-3-6-19-39/h3-38H,1-2H3. The molecule has 2 aliphatic rings. The third-order valence-corrected chi connectivity index (χ3v) is 15.4. The highest BCUT2D eigenvalue weighted by Gasteiger charge is 2.40. The second-order valence-electron chi connectivity index (χ2n) is 19.1. The highest BCUT2D eigenvalue weighted by molar-refractivity contribution is 6.29. The second-order valence-corrected chi connectivity index (χ2v) is 19.1. The average Bonchev–Trinajstić information content (AvgIpc) is 4.07. The topological polar surface area (TPSA) is 9.86 Å². The summed E-state index contributed by atoms with van der Waals surface area (Å²) in [6.07, 6.45) is 0. The Morgan fingerprint density at radius 2 is 0.746 bits per heavy atom. The Morgan fingerprint density at radius 1 is 0.284 bits per heavy atom. The Hall–Kier alpha value is -8.46. The molecule has 2 aliphatic carbocycles. The fourth-order valence-corrected chi connectivity index (χ4v) is 12.6. The summed E-state index contributed by atoms with van der Waals surface area (Å²) >= 11 is 0. The van der Waals surface area contributed by atoms with Crippen molar-refractivity contribution in [3.8, 4) is 67.0 Å². The van der Waals surface area contributed by atoms with E-state index in [9.17, 15) is 0 Å². The van der Waals surface area contributed by atoms with E-state index in [0.717, 1.165) is 0 Å². The van der Waals surface area contributed by atoms with E-state index in [1.54, 1.807) is 0 Å². The molecule has 13 aromatic rings. The van der Waals surface area contributed by atoms with Gasteiger partial charge in [-0.3, -0.25) is 0 Å². The first kappa shape index (κ1) is 36.8. The number of benzene rings is 11. The van der Waals surface area contributed by atoms with E-state index < -0.39 is 0 Å². The molecule has 15 rings (SSSR count). The van der Waals surface area contributed by atoms with Crippen molar-refractivity contribution in [1.29, 1.82) is 0 Å². The normalized spacial score (nSPS) is 13.3. The number of para-hydroxylation sites is 3. The molecular formula is C65H42N2. The van der Waals surface area contributed by atoms with Gasteiger partial charge in [-0.25, -0.2) is 0 Å². The zero-order valence-electron chi connectivity index (χ0n) is 37.2. The van der Waals surface area contributed by atoms with E-state index in [-0.39, 0.29) is 5.41 Å². The van der Waals surface area contributed by atoms with Crippen molar-refractivity contribution < 1.29 is 0 Å². The molecule has 0 saturated heterocycles. The molecule has 67 heavy (non-hydrogen) atoms. The molecule has 2 heteroatoms. The van der Waals surface area contributed by atoms with E-state index in [2.05, 4.69) is 241 Å². The van der Waals surface area contributed by atoms with Crippen molar-refractivity contribution >= 4 is 65.2 Å². The third-order valence-electron chi connectivity index (χ3n) is 15.4. The first-order valence-electron chi connectivity index (χ1n) is 23.5. The SMILES string of the molecule is CC1(C)c2cc(-n3c4ccccc4c4cc(-n5c6ccccc6c6ccccc65)ccc43)ccc2-c2c1cc1c3c(cccc23)-c2c-1c(-c1ccccc1)c1ccccc1c2-c1ccccc1. The van der Waals surface area contributed by atoms with Crippen LogP contribution in [0.5, 0.6) is 0 Å². The Morgan fingerprint density at radius 3 is 1.34 bits per heavy atom. The van der Waals surface area contributed by atoms with Crippen LogP contribution in [-0.4, -0.2) is 9.13 Å². The fourth-order valence-electron chi connectivity index (χ4n) is 12.6. The predicted octanol–water partition coefficient (Wildman–Crippen LogP) is 17.5. The van der Waals surface area contributed by atoms with Gasteiger partial charge in [0, 0.05) is 38.3 Å². The predicted molar refractivity (Wildman–Crippen MR) is 283 cm³/mol. The van der Waals surface area contributed by atoms with Crippen LogP contribution in [0.4, 0.5) is 0 Å². The maximum atomic E-state index is 2.58. The van der Waals surface area contributed by atoms with Crippen molar-refractivity contribution in [2.75, 3.05) is 0 Å². The summed E-state index contributed by atoms with van der Waals surface area (Å²) in [5, 5.41) is 10.3. The molecular weight excluding hydrogens is 809 g/mol. The van der Waals surface area contributed by atoms with E-state index >= 15 is 0 Å². The Balaban J connectivity index is 0.954. The van der Waals surface area contributed by atoms with Crippen LogP contribution in [0.3, 0.4) is 0 Å². The summed E-state index contributed by atoms with van der Waals surface area (Å²) in [7, 11) is 0. The minimum absolute atomic E-state index is 0.265. The summed E-state index contributed by atoms with van der Waals surface area (Å²) in [4.78, 5) is 0. The second kappa shape index (κ2) is 13.3. The largest absolute Gasteiger partial charge is 0.309 e. The lowest BCUT2D eigenvalue weighted by molar-refractivity contribution is 0.660. The summed E-state index contributed by atoms with van der Waals surface area (Å²) in [5.74, 6) is 0. The van der Waals surface area contributed by atoms with Gasteiger partial charge in [0.15, 0.2) is 0 Å². The lowest BCUT2D eigenvalue weighted by Crippen LogP contribution is -2.15. The van der Waals surface area contributed by atoms with Gasteiger partial charge in [0.2, 0.25) is 0 Å². The van der Waals surface area contributed by atoms with Crippen molar-refractivity contribution in [1.82, 2.24) is 9.13 Å². The summed E-state index contributed by atoms with van der Waals surface area (Å²) in [5.41, 5.74) is 22.9. The molecule has 0 amide bonds. The molecule has 0 aliphatic heterocycles. The summed E-state index contributed by atoms with van der Waals surface area (Å²) < 4.78 is 4.92. The highest BCUT2D eigenvalue weighted by atomic mass is 15.0. The van der Waals surface area contributed by atoms with Gasteiger partial charge in [-0.05, 0) is 143 Å². The lowest BCUT2D eigenvalue weighted by atomic mass is 9.79. The molecule has 312 valence electrons. The van der Waals surface area contributed by atoms with Crippen molar-refractivity contribution in [3.05, 3.63) is 230 Å². The van der Waals surface area contributed by atoms with E-state index in [1.807, 2.05) is 0 Å². The van der Waals surface area contributed by atoms with E-state index in [1.165, 1.54) is 143 Å². The minimum Gasteiger partial charge on any atom is -0.309 e. The first-order valence-corrected chi connectivity index (χ1v) is 23.5. The van der Waals surface area contributed by atoms with E-state index in [4.69, 9.17) is 0 Å². The lowest BCUT2D eigenvalue weighted by Gasteiger charge is -2.24. The molecule has 0 unspecified atom stereocenters. The molecule has 2 aromatic heterocycles. The molecule has 0 fully saturated rings. The number of fused-ring (bicyclic) bond motifs is 14. The molecule has 0 bridgehead atoms. The molecule has 11 aromatic carbocycles. The molecule has 0 N–H and O–H groups in total. The van der Waals surface area contributed by atoms with Crippen LogP contribution in [-0.2, 0) is 5.41 Å². The van der Waals surface area contributed by atoms with Crippen LogP contribution in [0.25, 0.3) is 132 Å². The first-order chi connectivity index (χ1) is 33.0. The monoisotopic (exact) mass is 850 g/mol. The Labute approximate surface area is 388 Å². The van der Waals surface area contributed by atoms with Gasteiger partial charge < -0.3 is 9.13 Å². The Bertz CT molecular complexity index is 4220. The van der Waals surface area contributed by atoms with Crippen molar-refractivity contribution in [2.24, 2.45) is 0 Å². The number of hydrogen-bond donors (Lipinski definition) is 0. The smallest absolute Gasteiger partial charge is 0.0542 e. The van der Waals surface area contributed by atoms with Gasteiger partial charge in [0.25, 0.3) is 0 Å². The molecule has 0 atom stereocenters. The fraction of sp³-hybridized carbons (Fsp3) is 0.0462. The summed E-state index contributed by atoms with van der Waals surface area (Å²) in [6.45, 7) is 4.88. The van der Waals surface area contributed by atoms with Crippen LogP contribution < -0.4 is 0 Å². The minimum atomic E-state index is -0.265. The van der Waals surface area contributed by atoms with Crippen LogP contribution in [0.2, 0.25) is 0 Å². The Kier molecular flexibility index (Phi) is 7.32. The van der Waals surface area contributed by atoms with Gasteiger partial charge in [-0.1, -0.05) is 178 Å². The quantitative estimate of drug-likeness (QED) is 0.167. The van der Waals surface area contributed by atoms with Gasteiger partial charge in [0.1, 0.15) is 0 Å². The van der Waals surface area contributed by atoms with Gasteiger partial charge in [-0.2, -0.15) is 0 Å². The number of aromatic nitrogens is 2. The third kappa shape index (κ3) is 4.84. The van der Waals surface area contributed by atoms with Gasteiger partial charge in [-0.15, -0.1) is 0 Å². The van der Waals surface area contributed by atoms with Crippen molar-refractivity contribution in [2.45, 2.75) is 19.3 Å². The molecule has 0 radical (unpaired) electrons. The number of nitrogens with zero attached hydrogens (tertiary/aromatic N) is 2. The van der Waals surface area contributed by atoms with Gasteiger partial charge in [0.05, 0.1) is 22.1 Å². The average molecular weight is 851 g/mol. The zero-order valence-corrected chi connectivity index (χ0v) is 37.2. The molecule has 0 spiro atoms. The maximum absolute atomic E-state index is 2.58. The molecule has 2 nitrogen and oxygen atoms in total. The van der Waals surface area contributed by atoms with Crippen molar-refractivity contribution in [3.63, 3.8) is 0 Å².